The summed E-state index contributed by atoms with van der Waals surface area (Å²) in [7, 11) is 0. The van der Waals surface area contributed by atoms with E-state index in [0.29, 0.717) is 19.5 Å². The molecular weight excluding hydrogens is 357 g/mol. The van der Waals surface area contributed by atoms with Crippen molar-refractivity contribution in [2.24, 2.45) is 0 Å². The summed E-state index contributed by atoms with van der Waals surface area (Å²) in [5.41, 5.74) is 3.43. The second-order valence-electron chi connectivity index (χ2n) is 6.05. The Labute approximate surface area is 156 Å². The topological polar surface area (TPSA) is 20.3 Å². The molecule has 5 heteroatoms. The van der Waals surface area contributed by atoms with Crippen molar-refractivity contribution in [2.45, 2.75) is 26.3 Å². The molecule has 130 valence electrons. The zero-order valence-electron chi connectivity index (χ0n) is 14.0. The van der Waals surface area contributed by atoms with Crippen LogP contribution in [0.25, 0.3) is 6.08 Å². The number of allylic oxidation sites excluding steroid dienone is 3. The number of hydrogen-bond donors (Lipinski definition) is 0. The molecule has 0 N–H and O–H groups in total. The Hall–Kier alpha value is -1.91. The molecule has 0 bridgehead atoms. The zero-order chi connectivity index (χ0) is 17.8. The third-order valence-corrected chi connectivity index (χ3v) is 5.62. The molecular formula is C20H19ClFNOS. The molecule has 0 fully saturated rings. The monoisotopic (exact) mass is 375 g/mol. The van der Waals surface area contributed by atoms with E-state index in [1.165, 1.54) is 28.1 Å². The van der Waals surface area contributed by atoms with Crippen molar-refractivity contribution in [3.8, 4) is 0 Å². The van der Waals surface area contributed by atoms with Crippen LogP contribution < -0.4 is 0 Å². The molecule has 0 unspecified atom stereocenters. The second kappa shape index (κ2) is 7.98. The molecule has 25 heavy (non-hydrogen) atoms. The van der Waals surface area contributed by atoms with Crippen LogP contribution in [0.5, 0.6) is 0 Å². The number of nitrogens with zero attached hydrogens (tertiary/aromatic N) is 1. The number of halogens is 2. The SMILES string of the molecule is CC(=O)N(CCc1ccc(F)cc1)Cc1csc2c1CC=C(Cl)C=C2. The predicted molar refractivity (Wildman–Crippen MR) is 102 cm³/mol. The van der Waals surface area contributed by atoms with E-state index in [4.69, 9.17) is 11.6 Å². The van der Waals surface area contributed by atoms with Crippen molar-refractivity contribution in [1.82, 2.24) is 4.90 Å². The summed E-state index contributed by atoms with van der Waals surface area (Å²) < 4.78 is 13.0. The lowest BCUT2D eigenvalue weighted by molar-refractivity contribution is -0.129. The molecule has 1 amide bonds. The van der Waals surface area contributed by atoms with E-state index in [1.807, 2.05) is 23.1 Å². The first kappa shape index (κ1) is 17.9. The number of fused-ring (bicyclic) bond motifs is 1. The number of rotatable bonds is 5. The summed E-state index contributed by atoms with van der Waals surface area (Å²) in [4.78, 5) is 15.1. The van der Waals surface area contributed by atoms with Crippen LogP contribution in [0.15, 0.2) is 46.8 Å². The average Bonchev–Trinajstić information content (AvgIpc) is 2.87. The van der Waals surface area contributed by atoms with Gasteiger partial charge in [0.05, 0.1) is 0 Å². The van der Waals surface area contributed by atoms with Gasteiger partial charge in [-0.05, 0) is 59.2 Å². The summed E-state index contributed by atoms with van der Waals surface area (Å²) in [6.45, 7) is 2.78. The van der Waals surface area contributed by atoms with Gasteiger partial charge in [0.2, 0.25) is 5.91 Å². The van der Waals surface area contributed by atoms with Crippen molar-refractivity contribution in [3.63, 3.8) is 0 Å². The van der Waals surface area contributed by atoms with Crippen molar-refractivity contribution >= 4 is 34.9 Å². The molecule has 1 aromatic carbocycles. The van der Waals surface area contributed by atoms with Gasteiger partial charge in [-0.1, -0.05) is 29.8 Å². The van der Waals surface area contributed by atoms with Gasteiger partial charge in [0.15, 0.2) is 0 Å². The lowest BCUT2D eigenvalue weighted by Gasteiger charge is -2.21. The van der Waals surface area contributed by atoms with E-state index in [-0.39, 0.29) is 11.7 Å². The summed E-state index contributed by atoms with van der Waals surface area (Å²) in [6, 6.07) is 6.44. The van der Waals surface area contributed by atoms with Crippen LogP contribution in [-0.2, 0) is 24.2 Å². The standard InChI is InChI=1S/C20H19ClFNOS/c1-14(24)23(11-10-15-2-6-18(22)7-3-15)12-16-13-25-20-9-5-17(21)4-8-19(16)20/h2-7,9,13H,8,10-12H2,1H3. The minimum absolute atomic E-state index is 0.0415. The number of carbonyl (C=O) groups excluding carboxylic acids is 1. The van der Waals surface area contributed by atoms with Gasteiger partial charge in [-0.3, -0.25) is 4.79 Å². The minimum Gasteiger partial charge on any atom is -0.338 e. The Morgan fingerprint density at radius 2 is 2.04 bits per heavy atom. The molecule has 0 spiro atoms. The Kier molecular flexibility index (Phi) is 5.71. The third-order valence-electron chi connectivity index (χ3n) is 4.30. The van der Waals surface area contributed by atoms with Crippen molar-refractivity contribution in [1.29, 1.82) is 0 Å². The number of thiophene rings is 1. The van der Waals surface area contributed by atoms with Gasteiger partial charge in [0.1, 0.15) is 5.82 Å². The summed E-state index contributed by atoms with van der Waals surface area (Å²) in [6.07, 6.45) is 7.43. The largest absolute Gasteiger partial charge is 0.338 e. The number of carbonyl (C=O) groups is 1. The first-order chi connectivity index (χ1) is 12.0. The fourth-order valence-corrected chi connectivity index (χ4v) is 3.96. The van der Waals surface area contributed by atoms with Crippen LogP contribution >= 0.6 is 22.9 Å². The van der Waals surface area contributed by atoms with E-state index < -0.39 is 0 Å². The minimum atomic E-state index is -0.243. The summed E-state index contributed by atoms with van der Waals surface area (Å²) in [5.74, 6) is -0.201. The van der Waals surface area contributed by atoms with Crippen LogP contribution in [0.2, 0.25) is 0 Å². The van der Waals surface area contributed by atoms with Crippen molar-refractivity contribution < 1.29 is 9.18 Å². The highest BCUT2D eigenvalue weighted by molar-refractivity contribution is 7.11. The van der Waals surface area contributed by atoms with Gasteiger partial charge >= 0.3 is 0 Å². The highest BCUT2D eigenvalue weighted by Crippen LogP contribution is 2.29. The highest BCUT2D eigenvalue weighted by Gasteiger charge is 2.16. The van der Waals surface area contributed by atoms with Crippen LogP contribution in [-0.4, -0.2) is 17.4 Å². The number of benzene rings is 1. The predicted octanol–water partition coefficient (Wildman–Crippen LogP) is 5.17. The lowest BCUT2D eigenvalue weighted by Crippen LogP contribution is -2.30. The van der Waals surface area contributed by atoms with Gasteiger partial charge in [-0.2, -0.15) is 0 Å². The second-order valence-corrected chi connectivity index (χ2v) is 7.39. The third kappa shape index (κ3) is 4.59. The van der Waals surface area contributed by atoms with E-state index in [0.717, 1.165) is 17.0 Å². The molecule has 3 rings (SSSR count). The molecule has 1 aromatic heterocycles. The molecule has 1 aliphatic rings. The average molecular weight is 376 g/mol. The molecule has 1 heterocycles. The van der Waals surface area contributed by atoms with Crippen LogP contribution in [0, 0.1) is 5.82 Å². The van der Waals surface area contributed by atoms with Crippen LogP contribution in [0.1, 0.15) is 28.5 Å². The fourth-order valence-electron chi connectivity index (χ4n) is 2.83. The van der Waals surface area contributed by atoms with E-state index in [9.17, 15) is 9.18 Å². The highest BCUT2D eigenvalue weighted by atomic mass is 35.5. The first-order valence-corrected chi connectivity index (χ1v) is 9.41. The Balaban J connectivity index is 1.71. The van der Waals surface area contributed by atoms with Gasteiger partial charge in [-0.15, -0.1) is 11.3 Å². The van der Waals surface area contributed by atoms with E-state index in [2.05, 4.69) is 5.38 Å². The molecule has 0 radical (unpaired) electrons. The maximum atomic E-state index is 13.0. The molecule has 2 aromatic rings. The van der Waals surface area contributed by atoms with Crippen LogP contribution in [0.3, 0.4) is 0 Å². The summed E-state index contributed by atoms with van der Waals surface area (Å²) >= 11 is 7.77. The fraction of sp³-hybridized carbons (Fsp3) is 0.250. The lowest BCUT2D eigenvalue weighted by atomic mass is 10.1. The Morgan fingerprint density at radius 1 is 1.28 bits per heavy atom. The van der Waals surface area contributed by atoms with Gasteiger partial charge < -0.3 is 4.90 Å². The Morgan fingerprint density at radius 3 is 2.76 bits per heavy atom. The maximum absolute atomic E-state index is 13.0. The quantitative estimate of drug-likeness (QED) is 0.705. The molecule has 1 aliphatic carbocycles. The zero-order valence-corrected chi connectivity index (χ0v) is 15.5. The molecule has 0 atom stereocenters. The van der Waals surface area contributed by atoms with Gasteiger partial charge in [0.25, 0.3) is 0 Å². The molecule has 0 saturated heterocycles. The molecule has 0 aliphatic heterocycles. The van der Waals surface area contributed by atoms with Crippen molar-refractivity contribution in [3.05, 3.63) is 74.2 Å². The number of amides is 1. The maximum Gasteiger partial charge on any atom is 0.219 e. The van der Waals surface area contributed by atoms with E-state index in [1.54, 1.807) is 30.4 Å². The van der Waals surface area contributed by atoms with Crippen LogP contribution in [0.4, 0.5) is 4.39 Å². The van der Waals surface area contributed by atoms with Gasteiger partial charge in [-0.25, -0.2) is 4.39 Å². The van der Waals surface area contributed by atoms with Gasteiger partial charge in [0, 0.05) is 29.9 Å². The smallest absolute Gasteiger partial charge is 0.219 e. The molecule has 0 saturated carbocycles. The summed E-state index contributed by atoms with van der Waals surface area (Å²) in [5, 5.41) is 2.87. The molecule has 2 nitrogen and oxygen atoms in total. The first-order valence-electron chi connectivity index (χ1n) is 8.16. The number of hydrogen-bond acceptors (Lipinski definition) is 2. The van der Waals surface area contributed by atoms with E-state index >= 15 is 0 Å². The Bertz CT molecular complexity index is 823. The van der Waals surface area contributed by atoms with Crippen molar-refractivity contribution in [2.75, 3.05) is 6.54 Å². The normalized spacial score (nSPS) is 13.2.